The molecule has 0 aliphatic rings. The summed E-state index contributed by atoms with van der Waals surface area (Å²) in [6, 6.07) is 7.62. The first-order valence-electron chi connectivity index (χ1n) is 7.92. The molecule has 0 unspecified atom stereocenters. The van der Waals surface area contributed by atoms with Crippen molar-refractivity contribution in [3.63, 3.8) is 0 Å². The Kier molecular flexibility index (Phi) is 5.14. The fourth-order valence-electron chi connectivity index (χ4n) is 2.57. The van der Waals surface area contributed by atoms with Crippen LogP contribution in [-0.2, 0) is 12.7 Å². The lowest BCUT2D eigenvalue weighted by Gasteiger charge is -2.07. The van der Waals surface area contributed by atoms with Crippen LogP contribution in [0.2, 0.25) is 0 Å². The number of halogens is 4. The van der Waals surface area contributed by atoms with Crippen molar-refractivity contribution in [1.29, 1.82) is 0 Å². The molecular weight excluding hydrogens is 427 g/mol. The Morgan fingerprint density at radius 2 is 1.85 bits per heavy atom. The zero-order valence-corrected chi connectivity index (χ0v) is 16.0. The van der Waals surface area contributed by atoms with Gasteiger partial charge in [0.1, 0.15) is 11.5 Å². The van der Waals surface area contributed by atoms with Crippen LogP contribution in [-0.4, -0.2) is 15.7 Å². The summed E-state index contributed by atoms with van der Waals surface area (Å²) in [7, 11) is 0. The molecule has 3 aromatic rings. The molecule has 2 aromatic heterocycles. The molecule has 0 bridgehead atoms. The first kappa shape index (κ1) is 19.2. The first-order chi connectivity index (χ1) is 12.7. The van der Waals surface area contributed by atoms with Crippen molar-refractivity contribution in [2.24, 2.45) is 0 Å². The number of amides is 1. The van der Waals surface area contributed by atoms with Gasteiger partial charge in [0.2, 0.25) is 0 Å². The Morgan fingerprint density at radius 1 is 1.19 bits per heavy atom. The van der Waals surface area contributed by atoms with Crippen LogP contribution in [0.5, 0.6) is 0 Å². The van der Waals surface area contributed by atoms with E-state index >= 15 is 0 Å². The molecule has 0 aliphatic carbocycles. The molecule has 0 saturated heterocycles. The fourth-order valence-corrected chi connectivity index (χ4v) is 3.11. The monoisotopic (exact) mass is 441 g/mol. The second kappa shape index (κ2) is 7.22. The zero-order valence-electron chi connectivity index (χ0n) is 14.4. The molecule has 142 valence electrons. The van der Waals surface area contributed by atoms with E-state index in [0.29, 0.717) is 27.2 Å². The number of hydrogen-bond acceptors (Lipinski definition) is 3. The Bertz CT molecular complexity index is 975. The van der Waals surface area contributed by atoms with E-state index in [1.54, 1.807) is 38.1 Å². The summed E-state index contributed by atoms with van der Waals surface area (Å²) in [5.41, 5.74) is 0.782. The predicted molar refractivity (Wildman–Crippen MR) is 95.6 cm³/mol. The molecule has 3 rings (SSSR count). The number of carbonyl (C=O) groups is 1. The maximum absolute atomic E-state index is 12.6. The number of rotatable bonds is 4. The number of alkyl halides is 3. The zero-order chi connectivity index (χ0) is 19.8. The number of nitrogens with one attached hydrogen (secondary N) is 1. The maximum atomic E-state index is 12.6. The van der Waals surface area contributed by atoms with Gasteiger partial charge in [0.15, 0.2) is 5.69 Å². The third-order valence-corrected chi connectivity index (χ3v) is 4.90. The van der Waals surface area contributed by atoms with Gasteiger partial charge < -0.3 is 9.73 Å². The van der Waals surface area contributed by atoms with E-state index < -0.39 is 11.9 Å². The van der Waals surface area contributed by atoms with E-state index in [9.17, 15) is 18.0 Å². The molecule has 0 saturated carbocycles. The highest BCUT2D eigenvalue weighted by Crippen LogP contribution is 2.28. The first-order valence-corrected chi connectivity index (χ1v) is 8.72. The van der Waals surface area contributed by atoms with Gasteiger partial charge >= 0.3 is 6.18 Å². The predicted octanol–water partition coefficient (Wildman–Crippen LogP) is 4.79. The molecule has 1 N–H and O–H groups in total. The smallest absolute Gasteiger partial charge is 0.435 e. The summed E-state index contributed by atoms with van der Waals surface area (Å²) in [6.07, 6.45) is -3.23. The second-order valence-corrected chi connectivity index (χ2v) is 6.69. The number of carbonyl (C=O) groups excluding carboxylic acids is 1. The average Bonchev–Trinajstić information content (AvgIpc) is 3.19. The van der Waals surface area contributed by atoms with Gasteiger partial charge in [-0.25, -0.2) is 4.68 Å². The molecule has 1 amide bonds. The van der Waals surface area contributed by atoms with Crippen molar-refractivity contribution in [3.8, 4) is 5.69 Å². The summed E-state index contributed by atoms with van der Waals surface area (Å²) in [6.45, 7) is 3.73. The van der Waals surface area contributed by atoms with Crippen LogP contribution in [0.4, 0.5) is 13.2 Å². The molecule has 0 radical (unpaired) electrons. The number of furan rings is 1. The summed E-state index contributed by atoms with van der Waals surface area (Å²) in [4.78, 5) is 12.3. The van der Waals surface area contributed by atoms with E-state index in [2.05, 4.69) is 26.3 Å². The third kappa shape index (κ3) is 4.08. The SMILES string of the molecule is Cc1oc(C)c(C(=O)NCc2ccc(-n3ccc(C(F)(F)F)n3)cc2)c1Br. The highest BCUT2D eigenvalue weighted by atomic mass is 79.9. The van der Waals surface area contributed by atoms with Crippen molar-refractivity contribution < 1.29 is 22.4 Å². The van der Waals surface area contributed by atoms with Crippen LogP contribution in [0.15, 0.2) is 45.4 Å². The summed E-state index contributed by atoms with van der Waals surface area (Å²) in [5, 5.41) is 6.32. The van der Waals surface area contributed by atoms with Crippen LogP contribution in [0.25, 0.3) is 5.69 Å². The number of aromatic nitrogens is 2. The van der Waals surface area contributed by atoms with Crippen molar-refractivity contribution in [3.05, 3.63) is 69.3 Å². The van der Waals surface area contributed by atoms with E-state index in [0.717, 1.165) is 16.3 Å². The molecule has 0 atom stereocenters. The Hall–Kier alpha value is -2.55. The molecule has 9 heteroatoms. The van der Waals surface area contributed by atoms with Crippen LogP contribution in [0, 0.1) is 13.8 Å². The molecule has 27 heavy (non-hydrogen) atoms. The van der Waals surface area contributed by atoms with Crippen LogP contribution >= 0.6 is 15.9 Å². The van der Waals surface area contributed by atoms with Gasteiger partial charge in [-0.2, -0.15) is 18.3 Å². The summed E-state index contributed by atoms with van der Waals surface area (Å²) >= 11 is 3.33. The quantitative estimate of drug-likeness (QED) is 0.632. The highest BCUT2D eigenvalue weighted by molar-refractivity contribution is 9.10. The standard InChI is InChI=1S/C18H15BrF3N3O2/c1-10-15(16(19)11(2)27-10)17(26)23-9-12-3-5-13(6-4-12)25-8-7-14(24-25)18(20,21)22/h3-8H,9H2,1-2H3,(H,23,26). The van der Waals surface area contributed by atoms with Gasteiger partial charge in [-0.15, -0.1) is 0 Å². The molecular formula is C18H15BrF3N3O2. The van der Waals surface area contributed by atoms with Crippen LogP contribution < -0.4 is 5.32 Å². The van der Waals surface area contributed by atoms with E-state index in [1.807, 2.05) is 0 Å². The normalized spacial score (nSPS) is 11.6. The minimum Gasteiger partial charge on any atom is -0.465 e. The Balaban J connectivity index is 1.67. The van der Waals surface area contributed by atoms with Gasteiger partial charge in [0.25, 0.3) is 5.91 Å². The average molecular weight is 442 g/mol. The van der Waals surface area contributed by atoms with Crippen LogP contribution in [0.3, 0.4) is 0 Å². The molecule has 0 fully saturated rings. The number of aryl methyl sites for hydroxylation is 2. The Labute approximate surface area is 161 Å². The summed E-state index contributed by atoms with van der Waals surface area (Å²) < 4.78 is 45.1. The maximum Gasteiger partial charge on any atom is 0.435 e. The topological polar surface area (TPSA) is 60.1 Å². The number of nitrogens with zero attached hydrogens (tertiary/aromatic N) is 2. The van der Waals surface area contributed by atoms with Gasteiger partial charge in [-0.1, -0.05) is 12.1 Å². The lowest BCUT2D eigenvalue weighted by molar-refractivity contribution is -0.141. The van der Waals surface area contributed by atoms with Gasteiger partial charge in [-0.3, -0.25) is 4.79 Å². The van der Waals surface area contributed by atoms with Crippen LogP contribution in [0.1, 0.15) is 33.1 Å². The third-order valence-electron chi connectivity index (χ3n) is 3.95. The molecule has 0 aliphatic heterocycles. The molecule has 0 spiro atoms. The van der Waals surface area contributed by atoms with E-state index in [4.69, 9.17) is 4.42 Å². The lowest BCUT2D eigenvalue weighted by Crippen LogP contribution is -2.23. The van der Waals surface area contributed by atoms with Crippen molar-refractivity contribution in [2.45, 2.75) is 26.6 Å². The van der Waals surface area contributed by atoms with Gasteiger partial charge in [0, 0.05) is 12.7 Å². The molecule has 5 nitrogen and oxygen atoms in total. The van der Waals surface area contributed by atoms with E-state index in [1.165, 1.54) is 6.20 Å². The van der Waals surface area contributed by atoms with Gasteiger partial charge in [0.05, 0.1) is 15.7 Å². The fraction of sp³-hybridized carbons (Fsp3) is 0.222. The molecule has 2 heterocycles. The van der Waals surface area contributed by atoms with Gasteiger partial charge in [-0.05, 0) is 53.5 Å². The number of hydrogen-bond donors (Lipinski definition) is 1. The van der Waals surface area contributed by atoms with Crippen molar-refractivity contribution in [1.82, 2.24) is 15.1 Å². The molecule has 1 aromatic carbocycles. The second-order valence-electron chi connectivity index (χ2n) is 5.90. The van der Waals surface area contributed by atoms with E-state index in [-0.39, 0.29) is 12.5 Å². The largest absolute Gasteiger partial charge is 0.465 e. The minimum absolute atomic E-state index is 0.266. The van der Waals surface area contributed by atoms with Crippen molar-refractivity contribution in [2.75, 3.05) is 0 Å². The lowest BCUT2D eigenvalue weighted by atomic mass is 10.2. The minimum atomic E-state index is -4.48. The summed E-state index contributed by atoms with van der Waals surface area (Å²) in [5.74, 6) is 0.869. The highest BCUT2D eigenvalue weighted by Gasteiger charge is 2.33. The Morgan fingerprint density at radius 3 is 2.37 bits per heavy atom. The number of benzene rings is 1. The van der Waals surface area contributed by atoms with Crippen molar-refractivity contribution >= 4 is 21.8 Å².